The molecular formula is C12H13ClN2O2. The minimum absolute atomic E-state index is 0.000840. The first kappa shape index (κ1) is 11.8. The van der Waals surface area contributed by atoms with Crippen molar-refractivity contribution < 1.29 is 4.42 Å². The highest BCUT2D eigenvalue weighted by atomic mass is 35.5. The van der Waals surface area contributed by atoms with E-state index in [-0.39, 0.29) is 5.56 Å². The second-order valence-electron chi connectivity index (χ2n) is 3.60. The summed E-state index contributed by atoms with van der Waals surface area (Å²) in [5.74, 6) is 0.754. The number of anilines is 1. The van der Waals surface area contributed by atoms with Crippen molar-refractivity contribution in [2.75, 3.05) is 5.32 Å². The van der Waals surface area contributed by atoms with Crippen molar-refractivity contribution in [1.29, 1.82) is 0 Å². The monoisotopic (exact) mass is 252 g/mol. The van der Waals surface area contributed by atoms with Gasteiger partial charge in [0.05, 0.1) is 12.2 Å². The van der Waals surface area contributed by atoms with Crippen LogP contribution in [0.1, 0.15) is 12.7 Å². The van der Waals surface area contributed by atoms with Gasteiger partial charge in [0.1, 0.15) is 5.76 Å². The molecule has 0 bridgehead atoms. The van der Waals surface area contributed by atoms with Gasteiger partial charge in [0.25, 0.3) is 5.56 Å². The van der Waals surface area contributed by atoms with Crippen molar-refractivity contribution in [2.24, 2.45) is 0 Å². The van der Waals surface area contributed by atoms with Gasteiger partial charge in [-0.2, -0.15) is 0 Å². The van der Waals surface area contributed by atoms with Gasteiger partial charge < -0.3 is 14.3 Å². The molecule has 2 rings (SSSR count). The molecule has 2 aromatic rings. The lowest BCUT2D eigenvalue weighted by atomic mass is 10.3. The maximum absolute atomic E-state index is 11.4. The Morgan fingerprint density at radius 3 is 2.82 bits per heavy atom. The lowest BCUT2D eigenvalue weighted by Gasteiger charge is -2.07. The molecule has 17 heavy (non-hydrogen) atoms. The van der Waals surface area contributed by atoms with Crippen LogP contribution in [0, 0.1) is 0 Å². The normalized spacial score (nSPS) is 10.5. The van der Waals surface area contributed by atoms with Crippen molar-refractivity contribution in [2.45, 2.75) is 20.0 Å². The summed E-state index contributed by atoms with van der Waals surface area (Å²) >= 11 is 5.67. The van der Waals surface area contributed by atoms with Crippen LogP contribution in [0.2, 0.25) is 5.22 Å². The minimum atomic E-state index is -0.000840. The Bertz CT molecular complexity index is 560. The number of nitrogens with zero attached hydrogens (tertiary/aromatic N) is 1. The van der Waals surface area contributed by atoms with Gasteiger partial charge in [-0.25, -0.2) is 0 Å². The van der Waals surface area contributed by atoms with Crippen LogP contribution in [0.25, 0.3) is 0 Å². The molecule has 90 valence electrons. The Kier molecular flexibility index (Phi) is 3.54. The molecule has 0 aliphatic heterocycles. The first-order valence-electron chi connectivity index (χ1n) is 5.37. The van der Waals surface area contributed by atoms with Crippen molar-refractivity contribution in [3.63, 3.8) is 0 Å². The highest BCUT2D eigenvalue weighted by Crippen LogP contribution is 2.14. The zero-order valence-corrected chi connectivity index (χ0v) is 10.2. The van der Waals surface area contributed by atoms with Gasteiger partial charge in [0.2, 0.25) is 0 Å². The van der Waals surface area contributed by atoms with E-state index < -0.39 is 0 Å². The summed E-state index contributed by atoms with van der Waals surface area (Å²) in [6.45, 7) is 3.12. The highest BCUT2D eigenvalue weighted by Gasteiger charge is 2.00. The summed E-state index contributed by atoms with van der Waals surface area (Å²) in [6.07, 6.45) is 1.78. The van der Waals surface area contributed by atoms with Crippen molar-refractivity contribution in [3.8, 4) is 0 Å². The smallest absolute Gasteiger partial charge is 0.250 e. The summed E-state index contributed by atoms with van der Waals surface area (Å²) in [4.78, 5) is 11.4. The number of furan rings is 1. The molecule has 0 saturated heterocycles. The standard InChI is InChI=1S/C12H13ClN2O2/c1-2-15-8-9(3-6-12(15)16)14-7-10-4-5-11(13)17-10/h3-6,8,14H,2,7H2,1H3. The van der Waals surface area contributed by atoms with Crippen LogP contribution in [0.15, 0.2) is 39.7 Å². The fourth-order valence-electron chi connectivity index (χ4n) is 1.52. The van der Waals surface area contributed by atoms with Crippen LogP contribution in [0.5, 0.6) is 0 Å². The molecule has 0 atom stereocenters. The van der Waals surface area contributed by atoms with Crippen LogP contribution in [-0.4, -0.2) is 4.57 Å². The zero-order valence-electron chi connectivity index (χ0n) is 9.44. The highest BCUT2D eigenvalue weighted by molar-refractivity contribution is 6.28. The van der Waals surface area contributed by atoms with E-state index in [9.17, 15) is 4.79 Å². The van der Waals surface area contributed by atoms with Crippen molar-refractivity contribution in [3.05, 3.63) is 51.8 Å². The maximum atomic E-state index is 11.4. The summed E-state index contributed by atoms with van der Waals surface area (Å²) < 4.78 is 6.86. The SMILES string of the molecule is CCn1cc(NCc2ccc(Cl)o2)ccc1=O. The molecule has 5 heteroatoms. The summed E-state index contributed by atoms with van der Waals surface area (Å²) in [5.41, 5.74) is 0.873. The summed E-state index contributed by atoms with van der Waals surface area (Å²) in [7, 11) is 0. The maximum Gasteiger partial charge on any atom is 0.250 e. The molecule has 0 spiro atoms. The van der Waals surface area contributed by atoms with E-state index in [1.807, 2.05) is 13.0 Å². The number of aromatic nitrogens is 1. The van der Waals surface area contributed by atoms with Crippen LogP contribution < -0.4 is 10.9 Å². The van der Waals surface area contributed by atoms with Gasteiger partial charge in [0, 0.05) is 18.8 Å². The lowest BCUT2D eigenvalue weighted by molar-refractivity contribution is 0.520. The van der Waals surface area contributed by atoms with Gasteiger partial charge in [0.15, 0.2) is 5.22 Å². The number of pyridine rings is 1. The van der Waals surface area contributed by atoms with E-state index in [4.69, 9.17) is 16.0 Å². The van der Waals surface area contributed by atoms with Gasteiger partial charge in [-0.15, -0.1) is 0 Å². The Hall–Kier alpha value is -1.68. The van der Waals surface area contributed by atoms with E-state index in [0.717, 1.165) is 11.4 Å². The average Bonchev–Trinajstić information content (AvgIpc) is 2.74. The van der Waals surface area contributed by atoms with E-state index in [1.165, 1.54) is 0 Å². The zero-order chi connectivity index (χ0) is 12.3. The summed E-state index contributed by atoms with van der Waals surface area (Å²) in [6, 6.07) is 6.80. The van der Waals surface area contributed by atoms with E-state index in [1.54, 1.807) is 29.0 Å². The van der Waals surface area contributed by atoms with Crippen LogP contribution in [0.4, 0.5) is 5.69 Å². The second-order valence-corrected chi connectivity index (χ2v) is 3.97. The largest absolute Gasteiger partial charge is 0.448 e. The number of nitrogens with one attached hydrogen (secondary N) is 1. The second kappa shape index (κ2) is 5.10. The molecular weight excluding hydrogens is 240 g/mol. The van der Waals surface area contributed by atoms with Gasteiger partial charge in [-0.1, -0.05) is 0 Å². The van der Waals surface area contributed by atoms with Crippen molar-refractivity contribution in [1.82, 2.24) is 4.57 Å². The molecule has 0 aliphatic carbocycles. The molecule has 2 aromatic heterocycles. The molecule has 0 fully saturated rings. The predicted molar refractivity (Wildman–Crippen MR) is 67.4 cm³/mol. The van der Waals surface area contributed by atoms with Crippen molar-refractivity contribution >= 4 is 17.3 Å². The molecule has 0 aliphatic rings. The predicted octanol–water partition coefficient (Wildman–Crippen LogP) is 2.73. The average molecular weight is 253 g/mol. The molecule has 4 nitrogen and oxygen atoms in total. The Morgan fingerprint density at radius 1 is 1.35 bits per heavy atom. The first-order chi connectivity index (χ1) is 8.19. The van der Waals surface area contributed by atoms with E-state index >= 15 is 0 Å². The number of hydrogen-bond donors (Lipinski definition) is 1. The fraction of sp³-hybridized carbons (Fsp3) is 0.250. The van der Waals surface area contributed by atoms with E-state index in [0.29, 0.717) is 18.3 Å². The van der Waals surface area contributed by atoms with Gasteiger partial charge >= 0.3 is 0 Å². The van der Waals surface area contributed by atoms with Crippen LogP contribution in [-0.2, 0) is 13.1 Å². The quantitative estimate of drug-likeness (QED) is 0.910. The molecule has 1 N–H and O–H groups in total. The van der Waals surface area contributed by atoms with E-state index in [2.05, 4.69) is 5.32 Å². The third kappa shape index (κ3) is 2.91. The molecule has 0 amide bonds. The topological polar surface area (TPSA) is 47.2 Å². The third-order valence-electron chi connectivity index (χ3n) is 2.42. The number of rotatable bonds is 4. The fourth-order valence-corrected chi connectivity index (χ4v) is 1.68. The number of aryl methyl sites for hydroxylation is 1. The molecule has 0 unspecified atom stereocenters. The Morgan fingerprint density at radius 2 is 2.18 bits per heavy atom. The van der Waals surface area contributed by atoms with Crippen LogP contribution in [0.3, 0.4) is 0 Å². The molecule has 0 aromatic carbocycles. The number of hydrogen-bond acceptors (Lipinski definition) is 3. The molecule has 0 radical (unpaired) electrons. The molecule has 2 heterocycles. The third-order valence-corrected chi connectivity index (χ3v) is 2.62. The molecule has 0 saturated carbocycles. The lowest BCUT2D eigenvalue weighted by Crippen LogP contribution is -2.17. The first-order valence-corrected chi connectivity index (χ1v) is 5.75. The van der Waals surface area contributed by atoms with Gasteiger partial charge in [-0.05, 0) is 36.7 Å². The summed E-state index contributed by atoms with van der Waals surface area (Å²) in [5, 5.41) is 3.54. The Labute approximate surface area is 104 Å². The minimum Gasteiger partial charge on any atom is -0.448 e. The van der Waals surface area contributed by atoms with Crippen LogP contribution >= 0.6 is 11.6 Å². The number of halogens is 1. The van der Waals surface area contributed by atoms with Gasteiger partial charge in [-0.3, -0.25) is 4.79 Å². The Balaban J connectivity index is 2.06.